The van der Waals surface area contributed by atoms with Crippen LogP contribution in [0.5, 0.6) is 0 Å². The Bertz CT molecular complexity index is 435. The maximum absolute atomic E-state index is 10.7. The van der Waals surface area contributed by atoms with Gasteiger partial charge in [0.15, 0.2) is 0 Å². The van der Waals surface area contributed by atoms with Gasteiger partial charge < -0.3 is 10.2 Å². The van der Waals surface area contributed by atoms with Crippen molar-refractivity contribution in [2.75, 3.05) is 0 Å². The van der Waals surface area contributed by atoms with Crippen molar-refractivity contribution in [2.24, 2.45) is 34.5 Å². The minimum atomic E-state index is -0.0640. The summed E-state index contributed by atoms with van der Waals surface area (Å²) in [6, 6.07) is 0. The summed E-state index contributed by atoms with van der Waals surface area (Å²) < 4.78 is 0. The Morgan fingerprint density at radius 2 is 1.50 bits per heavy atom. The van der Waals surface area contributed by atoms with Gasteiger partial charge in [0.1, 0.15) is 0 Å². The number of rotatable bonds is 0. The number of hydrogen-bond donors (Lipinski definition) is 2. The molecular formula is C20H34O2. The van der Waals surface area contributed by atoms with Crippen LogP contribution in [-0.2, 0) is 0 Å². The van der Waals surface area contributed by atoms with Crippen LogP contribution >= 0.6 is 0 Å². The molecule has 0 bridgehead atoms. The van der Waals surface area contributed by atoms with Gasteiger partial charge in [0, 0.05) is 0 Å². The van der Waals surface area contributed by atoms with Gasteiger partial charge in [-0.05, 0) is 92.3 Å². The highest BCUT2D eigenvalue weighted by molar-refractivity contribution is 5.08. The third kappa shape index (κ3) is 2.05. The molecule has 2 heteroatoms. The first-order valence-electron chi connectivity index (χ1n) is 9.81. The van der Waals surface area contributed by atoms with Crippen LogP contribution in [-0.4, -0.2) is 22.4 Å². The standard InChI is InChI=1S/C20H34O2/c1-19-10-8-14(21)12-13(19)6-7-15-16-4-3-5-18(22)20(16,2)11-9-17(15)19/h13-18,21-22H,3-12H2,1-2H3/t13-,14-,15-,16-,17-,18-,19+,20+/m1/s1. The second-order valence-electron chi connectivity index (χ2n) is 9.58. The topological polar surface area (TPSA) is 40.5 Å². The quantitative estimate of drug-likeness (QED) is 0.706. The monoisotopic (exact) mass is 306 g/mol. The van der Waals surface area contributed by atoms with Crippen LogP contribution in [0.1, 0.15) is 78.1 Å². The molecule has 22 heavy (non-hydrogen) atoms. The molecule has 0 aromatic carbocycles. The number of fused-ring (bicyclic) bond motifs is 5. The van der Waals surface area contributed by atoms with Gasteiger partial charge in [0.2, 0.25) is 0 Å². The zero-order valence-electron chi connectivity index (χ0n) is 14.4. The van der Waals surface area contributed by atoms with Crippen molar-refractivity contribution < 1.29 is 10.2 Å². The van der Waals surface area contributed by atoms with Gasteiger partial charge in [-0.3, -0.25) is 0 Å². The summed E-state index contributed by atoms with van der Waals surface area (Å²) in [6.45, 7) is 4.93. The van der Waals surface area contributed by atoms with Gasteiger partial charge in [0.25, 0.3) is 0 Å². The zero-order chi connectivity index (χ0) is 15.5. The van der Waals surface area contributed by atoms with Crippen molar-refractivity contribution in [1.82, 2.24) is 0 Å². The Labute approximate surface area is 135 Å². The first-order valence-corrected chi connectivity index (χ1v) is 9.81. The molecule has 4 aliphatic carbocycles. The van der Waals surface area contributed by atoms with Crippen LogP contribution in [0.25, 0.3) is 0 Å². The lowest BCUT2D eigenvalue weighted by Gasteiger charge is -2.63. The zero-order valence-corrected chi connectivity index (χ0v) is 14.4. The van der Waals surface area contributed by atoms with Crippen molar-refractivity contribution in [3.8, 4) is 0 Å². The normalized spacial score (nSPS) is 58.4. The van der Waals surface area contributed by atoms with Crippen molar-refractivity contribution in [1.29, 1.82) is 0 Å². The summed E-state index contributed by atoms with van der Waals surface area (Å²) in [6.07, 6.45) is 12.0. The molecule has 126 valence electrons. The van der Waals surface area contributed by atoms with Crippen LogP contribution in [0.4, 0.5) is 0 Å². The fourth-order valence-electron chi connectivity index (χ4n) is 7.40. The number of aliphatic hydroxyl groups excluding tert-OH is 2. The van der Waals surface area contributed by atoms with Crippen LogP contribution < -0.4 is 0 Å². The Kier molecular flexibility index (Phi) is 3.66. The smallest absolute Gasteiger partial charge is 0.0596 e. The Hall–Kier alpha value is -0.0800. The van der Waals surface area contributed by atoms with E-state index >= 15 is 0 Å². The predicted octanol–water partition coefficient (Wildman–Crippen LogP) is 4.14. The van der Waals surface area contributed by atoms with Crippen LogP contribution in [0.3, 0.4) is 0 Å². The molecule has 2 N–H and O–H groups in total. The lowest BCUT2D eigenvalue weighted by Crippen LogP contribution is -2.57. The first kappa shape index (κ1) is 15.4. The first-order chi connectivity index (χ1) is 10.4. The average Bonchev–Trinajstić information content (AvgIpc) is 2.49. The molecule has 2 nitrogen and oxygen atoms in total. The van der Waals surface area contributed by atoms with E-state index in [2.05, 4.69) is 13.8 Å². The van der Waals surface area contributed by atoms with E-state index in [1.54, 1.807) is 0 Å². The van der Waals surface area contributed by atoms with Crippen LogP contribution in [0, 0.1) is 34.5 Å². The largest absolute Gasteiger partial charge is 0.393 e. The molecular weight excluding hydrogens is 272 g/mol. The van der Waals surface area contributed by atoms with Gasteiger partial charge in [0.05, 0.1) is 12.2 Å². The second-order valence-corrected chi connectivity index (χ2v) is 9.58. The highest BCUT2D eigenvalue weighted by atomic mass is 16.3. The average molecular weight is 306 g/mol. The van der Waals surface area contributed by atoms with Crippen molar-refractivity contribution in [3.05, 3.63) is 0 Å². The van der Waals surface area contributed by atoms with Crippen molar-refractivity contribution in [3.63, 3.8) is 0 Å². The maximum atomic E-state index is 10.7. The Morgan fingerprint density at radius 1 is 0.773 bits per heavy atom. The van der Waals surface area contributed by atoms with Gasteiger partial charge >= 0.3 is 0 Å². The summed E-state index contributed by atoms with van der Waals surface area (Å²) in [5.74, 6) is 3.18. The van der Waals surface area contributed by atoms with E-state index in [-0.39, 0.29) is 17.6 Å². The Balaban J connectivity index is 1.62. The van der Waals surface area contributed by atoms with Crippen molar-refractivity contribution >= 4 is 0 Å². The van der Waals surface area contributed by atoms with Gasteiger partial charge in [-0.15, -0.1) is 0 Å². The highest BCUT2D eigenvalue weighted by Crippen LogP contribution is 2.65. The molecule has 4 saturated carbocycles. The van der Waals surface area contributed by atoms with E-state index in [1.807, 2.05) is 0 Å². The van der Waals surface area contributed by atoms with E-state index in [1.165, 1.54) is 44.9 Å². The molecule has 4 fully saturated rings. The highest BCUT2D eigenvalue weighted by Gasteiger charge is 2.58. The van der Waals surface area contributed by atoms with E-state index < -0.39 is 0 Å². The van der Waals surface area contributed by atoms with E-state index in [0.717, 1.165) is 42.9 Å². The third-order valence-corrected chi connectivity index (χ3v) is 8.83. The molecule has 0 spiro atoms. The molecule has 0 radical (unpaired) electrons. The molecule has 4 rings (SSSR count). The lowest BCUT2D eigenvalue weighted by molar-refractivity contribution is -0.165. The fourth-order valence-corrected chi connectivity index (χ4v) is 7.40. The molecule has 0 aliphatic heterocycles. The summed E-state index contributed by atoms with van der Waals surface area (Å²) in [4.78, 5) is 0. The molecule has 0 aromatic rings. The molecule has 0 amide bonds. The number of aliphatic hydroxyl groups is 2. The summed E-state index contributed by atoms with van der Waals surface area (Å²) in [7, 11) is 0. The van der Waals surface area contributed by atoms with Gasteiger partial charge in [-0.1, -0.05) is 20.3 Å². The molecule has 0 aromatic heterocycles. The SMILES string of the molecule is C[C@]12CC[C@@H](O)C[C@H]1CC[C@H]1[C@H]2CC[C@]2(C)[C@H](O)CCC[C@H]12. The maximum Gasteiger partial charge on any atom is 0.0596 e. The van der Waals surface area contributed by atoms with Crippen LogP contribution in [0.15, 0.2) is 0 Å². The van der Waals surface area contributed by atoms with Crippen molar-refractivity contribution in [2.45, 2.75) is 90.3 Å². The fraction of sp³-hybridized carbons (Fsp3) is 1.00. The van der Waals surface area contributed by atoms with E-state index in [0.29, 0.717) is 5.41 Å². The Morgan fingerprint density at radius 3 is 2.32 bits per heavy atom. The van der Waals surface area contributed by atoms with E-state index in [4.69, 9.17) is 0 Å². The molecule has 8 atom stereocenters. The second kappa shape index (κ2) is 5.21. The molecule has 4 aliphatic rings. The summed E-state index contributed by atoms with van der Waals surface area (Å²) in [5.41, 5.74) is 0.655. The van der Waals surface area contributed by atoms with Crippen LogP contribution in [0.2, 0.25) is 0 Å². The number of hydrogen-bond acceptors (Lipinski definition) is 2. The molecule has 0 unspecified atom stereocenters. The predicted molar refractivity (Wildman–Crippen MR) is 88.4 cm³/mol. The van der Waals surface area contributed by atoms with E-state index in [9.17, 15) is 10.2 Å². The molecule has 0 saturated heterocycles. The lowest BCUT2D eigenvalue weighted by atomic mass is 9.43. The van der Waals surface area contributed by atoms with Gasteiger partial charge in [-0.2, -0.15) is 0 Å². The summed E-state index contributed by atoms with van der Waals surface area (Å²) in [5, 5.41) is 20.7. The van der Waals surface area contributed by atoms with Gasteiger partial charge in [-0.25, -0.2) is 0 Å². The third-order valence-electron chi connectivity index (χ3n) is 8.83. The minimum Gasteiger partial charge on any atom is -0.393 e. The molecule has 0 heterocycles. The summed E-state index contributed by atoms with van der Waals surface area (Å²) >= 11 is 0. The minimum absolute atomic E-state index is 0.0417.